The maximum Gasteiger partial charge on any atom is 0.213 e. The second kappa shape index (κ2) is 5.34. The van der Waals surface area contributed by atoms with E-state index in [1.54, 1.807) is 14.0 Å². The summed E-state index contributed by atoms with van der Waals surface area (Å²) in [5.74, 6) is 0.712. The van der Waals surface area contributed by atoms with Crippen LogP contribution in [0.1, 0.15) is 50.7 Å². The Morgan fingerprint density at radius 2 is 1.86 bits per heavy atom. The number of carbonyl (C=O) groups is 2. The van der Waals surface area contributed by atoms with E-state index in [2.05, 4.69) is 4.98 Å². The average molecular weight is 299 g/mol. The summed E-state index contributed by atoms with van der Waals surface area (Å²) in [6.45, 7) is 3.73. The fraction of sp³-hybridized carbons (Fsp3) is 0.500. The van der Waals surface area contributed by atoms with Gasteiger partial charge in [0.25, 0.3) is 0 Å². The lowest BCUT2D eigenvalue weighted by atomic mass is 9.73. The number of ether oxygens (including phenoxy) is 1. The summed E-state index contributed by atoms with van der Waals surface area (Å²) in [6, 6.07) is 1.96. The minimum Gasteiger partial charge on any atom is -0.481 e. The third kappa shape index (κ3) is 2.09. The third-order valence-corrected chi connectivity index (χ3v) is 5.27. The molecule has 0 bridgehead atoms. The lowest BCUT2D eigenvalue weighted by molar-refractivity contribution is -0.131. The topological polar surface area (TPSA) is 56.3 Å². The highest BCUT2D eigenvalue weighted by molar-refractivity contribution is 6.16. The van der Waals surface area contributed by atoms with Crippen LogP contribution in [0, 0.1) is 5.41 Å². The fourth-order valence-electron chi connectivity index (χ4n) is 3.65. The van der Waals surface area contributed by atoms with Gasteiger partial charge in [-0.05, 0) is 55.4 Å². The minimum absolute atomic E-state index is 0.0519. The van der Waals surface area contributed by atoms with Crippen LogP contribution < -0.4 is 4.74 Å². The van der Waals surface area contributed by atoms with Crippen LogP contribution in [0.5, 0.6) is 5.88 Å². The number of allylic oxidation sites excluding steroid dienone is 2. The summed E-state index contributed by atoms with van der Waals surface area (Å²) in [7, 11) is 1.61. The number of pyridine rings is 1. The van der Waals surface area contributed by atoms with Gasteiger partial charge in [0, 0.05) is 25.1 Å². The van der Waals surface area contributed by atoms with Crippen molar-refractivity contribution in [2.45, 2.75) is 46.0 Å². The van der Waals surface area contributed by atoms with Crippen LogP contribution in [0.3, 0.4) is 0 Å². The van der Waals surface area contributed by atoms with Crippen molar-refractivity contribution in [1.82, 2.24) is 4.98 Å². The van der Waals surface area contributed by atoms with Gasteiger partial charge in [0.05, 0.1) is 7.11 Å². The second-order valence-corrected chi connectivity index (χ2v) is 6.31. The molecule has 0 aromatic carbocycles. The van der Waals surface area contributed by atoms with Crippen LogP contribution in [-0.4, -0.2) is 23.7 Å². The van der Waals surface area contributed by atoms with E-state index in [0.717, 1.165) is 36.0 Å². The normalized spacial score (nSPS) is 22.5. The van der Waals surface area contributed by atoms with Crippen molar-refractivity contribution in [1.29, 1.82) is 0 Å². The molecule has 1 saturated carbocycles. The van der Waals surface area contributed by atoms with E-state index in [0.29, 0.717) is 18.7 Å². The van der Waals surface area contributed by atoms with Crippen molar-refractivity contribution in [3.05, 3.63) is 29.0 Å². The first-order chi connectivity index (χ1) is 10.5. The first-order valence-corrected chi connectivity index (χ1v) is 7.78. The Labute approximate surface area is 130 Å². The fourth-order valence-corrected chi connectivity index (χ4v) is 3.65. The average Bonchev–Trinajstić information content (AvgIpc) is 2.81. The van der Waals surface area contributed by atoms with Crippen LogP contribution in [-0.2, 0) is 16.0 Å². The van der Waals surface area contributed by atoms with Gasteiger partial charge in [0.1, 0.15) is 5.41 Å². The molecule has 2 aliphatic rings. The summed E-state index contributed by atoms with van der Waals surface area (Å²) >= 11 is 0. The number of aromatic nitrogens is 1. The van der Waals surface area contributed by atoms with Gasteiger partial charge < -0.3 is 4.74 Å². The van der Waals surface area contributed by atoms with Crippen molar-refractivity contribution < 1.29 is 14.3 Å². The summed E-state index contributed by atoms with van der Waals surface area (Å²) in [5, 5.41) is 0. The number of hydrogen-bond donors (Lipinski definition) is 0. The molecule has 3 rings (SSSR count). The molecule has 4 nitrogen and oxygen atoms in total. The maximum atomic E-state index is 12.3. The van der Waals surface area contributed by atoms with Crippen molar-refractivity contribution >= 4 is 17.1 Å². The van der Waals surface area contributed by atoms with Crippen LogP contribution in [0.25, 0.3) is 5.57 Å². The van der Waals surface area contributed by atoms with Crippen LogP contribution in [0.15, 0.2) is 17.8 Å². The SMILES string of the molecule is COc1cc2c(cn1)/C(=C(\C)C1(C)C(=O)CCC1=O)CCC2. The van der Waals surface area contributed by atoms with Gasteiger partial charge in [-0.25, -0.2) is 4.98 Å². The zero-order valence-electron chi connectivity index (χ0n) is 13.4. The molecule has 0 amide bonds. The number of fused-ring (bicyclic) bond motifs is 1. The quantitative estimate of drug-likeness (QED) is 0.787. The van der Waals surface area contributed by atoms with Gasteiger partial charge in [-0.15, -0.1) is 0 Å². The molecular weight excluding hydrogens is 278 g/mol. The number of methoxy groups -OCH3 is 1. The number of aryl methyl sites for hydroxylation is 1. The largest absolute Gasteiger partial charge is 0.481 e. The Hall–Kier alpha value is -1.97. The standard InChI is InChI=1S/C18H21NO3/c1-11(18(2)15(20)7-8-16(18)21)13-6-4-5-12-9-17(22-3)19-10-14(12)13/h9-10H,4-8H2,1-3H3/b13-11+. The molecule has 0 saturated heterocycles. The molecule has 0 radical (unpaired) electrons. The summed E-state index contributed by atoms with van der Waals surface area (Å²) < 4.78 is 5.19. The molecule has 0 atom stereocenters. The number of carbonyl (C=O) groups excluding carboxylic acids is 2. The number of ketones is 2. The van der Waals surface area contributed by atoms with Crippen molar-refractivity contribution in [2.75, 3.05) is 7.11 Å². The molecule has 1 heterocycles. The molecule has 1 fully saturated rings. The number of rotatable bonds is 2. The molecule has 0 unspecified atom stereocenters. The number of hydrogen-bond acceptors (Lipinski definition) is 4. The Bertz CT molecular complexity index is 672. The number of Topliss-reactive ketones (excluding diaryl/α,β-unsaturated/α-hetero) is 2. The Morgan fingerprint density at radius 3 is 2.50 bits per heavy atom. The molecule has 0 aliphatic heterocycles. The maximum absolute atomic E-state index is 12.3. The zero-order valence-corrected chi connectivity index (χ0v) is 13.4. The van der Waals surface area contributed by atoms with Crippen molar-refractivity contribution in [3.63, 3.8) is 0 Å². The molecular formula is C18H21NO3. The van der Waals surface area contributed by atoms with E-state index in [1.807, 2.05) is 19.2 Å². The van der Waals surface area contributed by atoms with Gasteiger partial charge in [-0.1, -0.05) is 0 Å². The minimum atomic E-state index is -0.941. The van der Waals surface area contributed by atoms with E-state index in [9.17, 15) is 9.59 Å². The number of nitrogens with zero attached hydrogens (tertiary/aromatic N) is 1. The van der Waals surface area contributed by atoms with Gasteiger partial charge in [-0.3, -0.25) is 9.59 Å². The summed E-state index contributed by atoms with van der Waals surface area (Å²) in [6.07, 6.45) is 5.44. The molecule has 2 aliphatic carbocycles. The molecule has 116 valence electrons. The third-order valence-electron chi connectivity index (χ3n) is 5.27. The second-order valence-electron chi connectivity index (χ2n) is 6.31. The van der Waals surface area contributed by atoms with E-state index >= 15 is 0 Å². The predicted molar refractivity (Wildman–Crippen MR) is 83.7 cm³/mol. The molecule has 4 heteroatoms. The highest BCUT2D eigenvalue weighted by atomic mass is 16.5. The van der Waals surface area contributed by atoms with Gasteiger partial charge in [-0.2, -0.15) is 0 Å². The Balaban J connectivity index is 2.13. The van der Waals surface area contributed by atoms with Crippen LogP contribution in [0.4, 0.5) is 0 Å². The molecule has 0 N–H and O–H groups in total. The highest BCUT2D eigenvalue weighted by Gasteiger charge is 2.47. The predicted octanol–water partition coefficient (Wildman–Crippen LogP) is 3.14. The smallest absolute Gasteiger partial charge is 0.213 e. The first kappa shape index (κ1) is 14.9. The molecule has 1 aromatic heterocycles. The lowest BCUT2D eigenvalue weighted by Gasteiger charge is -2.28. The monoisotopic (exact) mass is 299 g/mol. The first-order valence-electron chi connectivity index (χ1n) is 7.78. The molecule has 1 aromatic rings. The molecule has 0 spiro atoms. The van der Waals surface area contributed by atoms with Gasteiger partial charge in [0.2, 0.25) is 5.88 Å². The highest BCUT2D eigenvalue weighted by Crippen LogP contribution is 2.44. The van der Waals surface area contributed by atoms with E-state index in [1.165, 1.54) is 5.56 Å². The van der Waals surface area contributed by atoms with Gasteiger partial charge in [0.15, 0.2) is 11.6 Å². The van der Waals surface area contributed by atoms with Crippen LogP contribution >= 0.6 is 0 Å². The van der Waals surface area contributed by atoms with Crippen LogP contribution in [0.2, 0.25) is 0 Å². The zero-order chi connectivity index (χ0) is 15.9. The van der Waals surface area contributed by atoms with Crippen molar-refractivity contribution in [2.24, 2.45) is 5.41 Å². The summed E-state index contributed by atoms with van der Waals surface area (Å²) in [4.78, 5) is 28.9. The lowest BCUT2D eigenvalue weighted by Crippen LogP contribution is -2.31. The Morgan fingerprint density at radius 1 is 1.18 bits per heavy atom. The van der Waals surface area contributed by atoms with Crippen molar-refractivity contribution in [3.8, 4) is 5.88 Å². The Kier molecular flexibility index (Phi) is 3.63. The van der Waals surface area contributed by atoms with E-state index in [4.69, 9.17) is 4.74 Å². The van der Waals surface area contributed by atoms with Gasteiger partial charge >= 0.3 is 0 Å². The molecule has 22 heavy (non-hydrogen) atoms. The van der Waals surface area contributed by atoms with E-state index in [-0.39, 0.29) is 11.6 Å². The van der Waals surface area contributed by atoms with E-state index < -0.39 is 5.41 Å². The summed E-state index contributed by atoms with van der Waals surface area (Å²) in [5.41, 5.74) is 3.34.